The second kappa shape index (κ2) is 5.47. The third-order valence-corrected chi connectivity index (χ3v) is 4.95. The van der Waals surface area contributed by atoms with E-state index in [1.165, 1.54) is 25.7 Å². The van der Waals surface area contributed by atoms with Gasteiger partial charge in [0.2, 0.25) is 0 Å². The first-order valence-electron chi connectivity index (χ1n) is 7.77. The van der Waals surface area contributed by atoms with Crippen molar-refractivity contribution in [3.8, 4) is 5.75 Å². The summed E-state index contributed by atoms with van der Waals surface area (Å²) in [5, 5.41) is 9.60. The second-order valence-electron chi connectivity index (χ2n) is 6.25. The van der Waals surface area contributed by atoms with Gasteiger partial charge in [-0.25, -0.2) is 0 Å². The lowest BCUT2D eigenvalue weighted by Gasteiger charge is -2.44. The van der Waals surface area contributed by atoms with Crippen LogP contribution < -0.4 is 0 Å². The van der Waals surface area contributed by atoms with Gasteiger partial charge in [-0.2, -0.15) is 0 Å². The predicted octanol–water partition coefficient (Wildman–Crippen LogP) is 3.50. The van der Waals surface area contributed by atoms with Crippen molar-refractivity contribution in [1.82, 2.24) is 4.90 Å². The quantitative estimate of drug-likeness (QED) is 0.850. The number of phenolic OH excluding ortho intramolecular Hbond substituents is 1. The van der Waals surface area contributed by atoms with Crippen LogP contribution in [-0.4, -0.2) is 28.5 Å². The third kappa shape index (κ3) is 2.41. The van der Waals surface area contributed by atoms with Gasteiger partial charge in [0.1, 0.15) is 5.75 Å². The van der Waals surface area contributed by atoms with Gasteiger partial charge in [0.25, 0.3) is 5.91 Å². The Morgan fingerprint density at radius 1 is 1.20 bits per heavy atom. The molecule has 1 aromatic rings. The molecular weight excluding hydrogens is 250 g/mol. The summed E-state index contributed by atoms with van der Waals surface area (Å²) in [6, 6.07) is 5.63. The molecular formula is C17H23NO2. The van der Waals surface area contributed by atoms with Crippen LogP contribution in [0.1, 0.15) is 54.4 Å². The lowest BCUT2D eigenvalue weighted by atomic mass is 9.78. The monoisotopic (exact) mass is 273 g/mol. The minimum atomic E-state index is 0.143. The normalized spacial score (nSPS) is 26.1. The molecule has 2 unspecified atom stereocenters. The molecule has 0 radical (unpaired) electrons. The number of likely N-dealkylation sites (tertiary alicyclic amines) is 1. The molecule has 1 aromatic carbocycles. The zero-order valence-electron chi connectivity index (χ0n) is 12.1. The Hall–Kier alpha value is -1.51. The lowest BCUT2D eigenvalue weighted by Crippen LogP contribution is -2.49. The van der Waals surface area contributed by atoms with Crippen molar-refractivity contribution in [1.29, 1.82) is 0 Å². The fourth-order valence-electron chi connectivity index (χ4n) is 3.83. The van der Waals surface area contributed by atoms with Crippen LogP contribution in [0, 0.1) is 12.8 Å². The summed E-state index contributed by atoms with van der Waals surface area (Å²) >= 11 is 0. The summed E-state index contributed by atoms with van der Waals surface area (Å²) < 4.78 is 0. The summed E-state index contributed by atoms with van der Waals surface area (Å²) in [4.78, 5) is 14.9. The zero-order valence-corrected chi connectivity index (χ0v) is 12.1. The van der Waals surface area contributed by atoms with Gasteiger partial charge in [0.05, 0.1) is 0 Å². The molecule has 20 heavy (non-hydrogen) atoms. The molecule has 1 amide bonds. The number of amides is 1. The molecule has 0 aromatic heterocycles. The number of carbonyl (C=O) groups is 1. The van der Waals surface area contributed by atoms with Crippen molar-refractivity contribution in [3.05, 3.63) is 29.3 Å². The maximum absolute atomic E-state index is 12.8. The first kappa shape index (κ1) is 13.5. The second-order valence-corrected chi connectivity index (χ2v) is 6.25. The van der Waals surface area contributed by atoms with E-state index in [-0.39, 0.29) is 11.7 Å². The summed E-state index contributed by atoms with van der Waals surface area (Å²) in [5.41, 5.74) is 1.49. The molecule has 1 N–H and O–H groups in total. The molecule has 2 fully saturated rings. The van der Waals surface area contributed by atoms with Gasteiger partial charge < -0.3 is 10.0 Å². The van der Waals surface area contributed by atoms with E-state index in [0.29, 0.717) is 17.5 Å². The number of carbonyl (C=O) groups excluding carboxylic acids is 1. The van der Waals surface area contributed by atoms with Crippen LogP contribution in [0.4, 0.5) is 0 Å². The molecule has 1 aliphatic heterocycles. The molecule has 0 spiro atoms. The molecule has 3 heteroatoms. The van der Waals surface area contributed by atoms with Crippen molar-refractivity contribution < 1.29 is 9.90 Å². The molecule has 3 rings (SSSR count). The topological polar surface area (TPSA) is 40.5 Å². The van der Waals surface area contributed by atoms with Gasteiger partial charge in [-0.1, -0.05) is 12.8 Å². The van der Waals surface area contributed by atoms with E-state index in [0.717, 1.165) is 24.9 Å². The molecule has 2 aliphatic rings. The minimum Gasteiger partial charge on any atom is -0.508 e. The van der Waals surface area contributed by atoms with E-state index in [2.05, 4.69) is 4.90 Å². The number of hydrogen-bond donors (Lipinski definition) is 1. The SMILES string of the molecule is Cc1cc(C(=O)N2CCCC3CCCCC32)ccc1O. The van der Waals surface area contributed by atoms with Gasteiger partial charge in [0, 0.05) is 18.2 Å². The predicted molar refractivity (Wildman–Crippen MR) is 78.9 cm³/mol. The maximum atomic E-state index is 12.8. The highest BCUT2D eigenvalue weighted by Gasteiger charge is 2.35. The van der Waals surface area contributed by atoms with Crippen LogP contribution in [0.5, 0.6) is 5.75 Å². The first-order valence-corrected chi connectivity index (χ1v) is 7.77. The van der Waals surface area contributed by atoms with Crippen LogP contribution in [0.15, 0.2) is 18.2 Å². The van der Waals surface area contributed by atoms with Gasteiger partial charge in [0.15, 0.2) is 0 Å². The van der Waals surface area contributed by atoms with Crippen molar-refractivity contribution in [2.45, 2.75) is 51.5 Å². The summed E-state index contributed by atoms with van der Waals surface area (Å²) in [5.74, 6) is 1.11. The summed E-state index contributed by atoms with van der Waals surface area (Å²) in [6.45, 7) is 2.73. The average molecular weight is 273 g/mol. The van der Waals surface area contributed by atoms with Crippen molar-refractivity contribution in [3.63, 3.8) is 0 Å². The molecule has 1 saturated carbocycles. The Labute approximate surface area is 120 Å². The Morgan fingerprint density at radius 3 is 2.75 bits per heavy atom. The van der Waals surface area contributed by atoms with E-state index in [1.807, 2.05) is 13.0 Å². The number of rotatable bonds is 1. The van der Waals surface area contributed by atoms with E-state index in [9.17, 15) is 9.90 Å². The molecule has 1 saturated heterocycles. The van der Waals surface area contributed by atoms with Crippen molar-refractivity contribution in [2.75, 3.05) is 6.54 Å². The number of benzene rings is 1. The molecule has 1 heterocycles. The first-order chi connectivity index (χ1) is 9.66. The number of fused-ring (bicyclic) bond motifs is 1. The summed E-state index contributed by atoms with van der Waals surface area (Å²) in [7, 11) is 0. The van der Waals surface area contributed by atoms with Crippen molar-refractivity contribution in [2.24, 2.45) is 5.92 Å². The maximum Gasteiger partial charge on any atom is 0.254 e. The molecule has 1 aliphatic carbocycles. The van der Waals surface area contributed by atoms with Crippen molar-refractivity contribution >= 4 is 5.91 Å². The average Bonchev–Trinajstić information content (AvgIpc) is 2.49. The molecule has 0 bridgehead atoms. The highest BCUT2D eigenvalue weighted by atomic mass is 16.3. The van der Waals surface area contributed by atoms with E-state index < -0.39 is 0 Å². The van der Waals surface area contributed by atoms with Crippen LogP contribution in [-0.2, 0) is 0 Å². The highest BCUT2D eigenvalue weighted by molar-refractivity contribution is 5.95. The number of nitrogens with zero attached hydrogens (tertiary/aromatic N) is 1. The van der Waals surface area contributed by atoms with Gasteiger partial charge >= 0.3 is 0 Å². The number of hydrogen-bond acceptors (Lipinski definition) is 2. The molecule has 3 nitrogen and oxygen atoms in total. The van der Waals surface area contributed by atoms with Crippen LogP contribution in [0.25, 0.3) is 0 Å². The Balaban J connectivity index is 1.83. The number of aromatic hydroxyl groups is 1. The Bertz CT molecular complexity index is 510. The fourth-order valence-corrected chi connectivity index (χ4v) is 3.83. The lowest BCUT2D eigenvalue weighted by molar-refractivity contribution is 0.0390. The Morgan fingerprint density at radius 2 is 1.95 bits per heavy atom. The number of piperidine rings is 1. The smallest absolute Gasteiger partial charge is 0.254 e. The van der Waals surface area contributed by atoms with E-state index >= 15 is 0 Å². The van der Waals surface area contributed by atoms with Gasteiger partial charge in [-0.3, -0.25) is 4.79 Å². The zero-order chi connectivity index (χ0) is 14.1. The highest BCUT2D eigenvalue weighted by Crippen LogP contribution is 2.36. The molecule has 108 valence electrons. The number of aryl methyl sites for hydroxylation is 1. The van der Waals surface area contributed by atoms with E-state index in [1.54, 1.807) is 12.1 Å². The summed E-state index contributed by atoms with van der Waals surface area (Å²) in [6.07, 6.45) is 7.42. The largest absolute Gasteiger partial charge is 0.508 e. The van der Waals surface area contributed by atoms with Crippen LogP contribution in [0.3, 0.4) is 0 Å². The molecule has 2 atom stereocenters. The van der Waals surface area contributed by atoms with Crippen LogP contribution >= 0.6 is 0 Å². The third-order valence-electron chi connectivity index (χ3n) is 4.95. The minimum absolute atomic E-state index is 0.143. The standard InChI is InChI=1S/C17H23NO2/c1-12-11-14(8-9-16(12)19)17(20)18-10-4-6-13-5-2-3-7-15(13)18/h8-9,11,13,15,19H,2-7,10H2,1H3. The Kier molecular flexibility index (Phi) is 3.68. The number of phenols is 1. The van der Waals surface area contributed by atoms with E-state index in [4.69, 9.17) is 0 Å². The van der Waals surface area contributed by atoms with Gasteiger partial charge in [-0.15, -0.1) is 0 Å². The fraction of sp³-hybridized carbons (Fsp3) is 0.588. The van der Waals surface area contributed by atoms with Crippen LogP contribution in [0.2, 0.25) is 0 Å². The van der Waals surface area contributed by atoms with Gasteiger partial charge in [-0.05, 0) is 62.3 Å².